The topological polar surface area (TPSA) is 58.5 Å². The number of pyridine rings is 2. The second-order valence-electron chi connectivity index (χ2n) is 18.3. The summed E-state index contributed by atoms with van der Waals surface area (Å²) in [6.45, 7) is 13.7. The first-order chi connectivity index (χ1) is 30.0. The molecule has 4 heterocycles. The number of nitrogens with zero attached hydrogens (tertiary/aromatic N) is 4. The van der Waals surface area contributed by atoms with Gasteiger partial charge >= 0.3 is 0 Å². The quantitative estimate of drug-likeness (QED) is 0.123. The number of aromatic nitrogens is 2. The summed E-state index contributed by atoms with van der Waals surface area (Å²) in [4.78, 5) is 14.1. The minimum absolute atomic E-state index is 0.134. The van der Waals surface area contributed by atoms with Crippen molar-refractivity contribution in [3.63, 3.8) is 0 Å². The van der Waals surface area contributed by atoms with Crippen molar-refractivity contribution in [3.8, 4) is 0 Å². The van der Waals surface area contributed by atoms with Gasteiger partial charge in [-0.3, -0.25) is 0 Å². The van der Waals surface area contributed by atoms with Crippen molar-refractivity contribution in [2.24, 2.45) is 0 Å². The van der Waals surface area contributed by atoms with Gasteiger partial charge in [0.25, 0.3) is 0 Å². The summed E-state index contributed by atoms with van der Waals surface area (Å²) in [5.41, 5.74) is 11.0. The molecule has 0 radical (unpaired) electrons. The number of anilines is 6. The van der Waals surface area contributed by atoms with Crippen molar-refractivity contribution in [2.75, 3.05) is 9.80 Å². The van der Waals surface area contributed by atoms with E-state index >= 15 is 0 Å². The first-order valence-electron chi connectivity index (χ1n) is 21.3. The van der Waals surface area contributed by atoms with Crippen LogP contribution in [0, 0.1) is 0 Å². The van der Waals surface area contributed by atoms with Crippen molar-refractivity contribution in [1.82, 2.24) is 9.97 Å². The van der Waals surface area contributed by atoms with Crippen molar-refractivity contribution in [2.45, 2.75) is 52.4 Å². The number of hydrogen-bond acceptors (Lipinski definition) is 6. The Morgan fingerprint density at radius 2 is 0.774 bits per heavy atom. The highest BCUT2D eigenvalue weighted by atomic mass is 16.3. The molecule has 0 saturated heterocycles. The standard InChI is InChI=1S/C56H46N4O2/c1-55(2,3)35-27-29-39-45(33-35)49(59(37-17-9-7-10-18-37)47-25-13-21-41-43-23-15-31-57-53(43)61-51(41)47)40-30-28-36(56(4,5)6)34-46(40)50(39)60(38-19-11-8-12-20-38)48-26-14-22-42-44-24-16-32-58-54(44)62-52(42)48/h7-34H,1-6H3. The largest absolute Gasteiger partial charge is 0.435 e. The third-order valence-electron chi connectivity index (χ3n) is 12.3. The number of fused-ring (bicyclic) bond motifs is 8. The summed E-state index contributed by atoms with van der Waals surface area (Å²) in [5, 5.41) is 8.43. The molecule has 7 aromatic carbocycles. The molecule has 302 valence electrons. The van der Waals surface area contributed by atoms with Crippen LogP contribution in [0.5, 0.6) is 0 Å². The molecule has 0 bridgehead atoms. The van der Waals surface area contributed by atoms with Crippen LogP contribution in [0.25, 0.3) is 65.7 Å². The van der Waals surface area contributed by atoms with Crippen LogP contribution >= 0.6 is 0 Å². The van der Waals surface area contributed by atoms with E-state index in [-0.39, 0.29) is 10.8 Å². The minimum atomic E-state index is -0.134. The average Bonchev–Trinajstić information content (AvgIpc) is 3.86. The van der Waals surface area contributed by atoms with Gasteiger partial charge in [-0.15, -0.1) is 0 Å². The number of benzene rings is 7. The summed E-state index contributed by atoms with van der Waals surface area (Å²) < 4.78 is 13.5. The van der Waals surface area contributed by atoms with E-state index < -0.39 is 0 Å². The van der Waals surface area contributed by atoms with Gasteiger partial charge in [-0.05, 0) is 94.8 Å². The second-order valence-corrected chi connectivity index (χ2v) is 18.3. The smallest absolute Gasteiger partial charge is 0.227 e. The molecular formula is C56H46N4O2. The Balaban J connectivity index is 1.34. The van der Waals surface area contributed by atoms with Gasteiger partial charge in [0.2, 0.25) is 11.4 Å². The molecular weight excluding hydrogens is 761 g/mol. The first-order valence-corrected chi connectivity index (χ1v) is 21.3. The molecule has 6 heteroatoms. The molecule has 11 rings (SSSR count). The number of rotatable bonds is 6. The van der Waals surface area contributed by atoms with E-state index in [1.807, 2.05) is 12.1 Å². The molecule has 0 N–H and O–H groups in total. The zero-order valence-corrected chi connectivity index (χ0v) is 35.8. The van der Waals surface area contributed by atoms with Crippen molar-refractivity contribution >= 4 is 99.8 Å². The molecule has 0 aliphatic carbocycles. The van der Waals surface area contributed by atoms with Gasteiger partial charge in [-0.2, -0.15) is 0 Å². The molecule has 62 heavy (non-hydrogen) atoms. The summed E-state index contributed by atoms with van der Waals surface area (Å²) in [5.74, 6) is 0. The molecule has 0 amide bonds. The number of hydrogen-bond donors (Lipinski definition) is 0. The first kappa shape index (κ1) is 37.6. The van der Waals surface area contributed by atoms with Crippen molar-refractivity contribution < 1.29 is 8.83 Å². The summed E-state index contributed by atoms with van der Waals surface area (Å²) in [7, 11) is 0. The molecule has 0 atom stereocenters. The van der Waals surface area contributed by atoms with Crippen LogP contribution in [0.4, 0.5) is 34.1 Å². The van der Waals surface area contributed by atoms with E-state index in [1.165, 1.54) is 11.1 Å². The fourth-order valence-corrected chi connectivity index (χ4v) is 9.12. The van der Waals surface area contributed by atoms with Gasteiger partial charge < -0.3 is 18.6 Å². The zero-order valence-electron chi connectivity index (χ0n) is 35.8. The van der Waals surface area contributed by atoms with Gasteiger partial charge in [0, 0.05) is 66.9 Å². The van der Waals surface area contributed by atoms with Gasteiger partial charge in [0.1, 0.15) is 0 Å². The van der Waals surface area contributed by atoms with Crippen LogP contribution in [0.3, 0.4) is 0 Å². The Morgan fingerprint density at radius 1 is 0.371 bits per heavy atom. The highest BCUT2D eigenvalue weighted by molar-refractivity contribution is 6.25. The van der Waals surface area contributed by atoms with Crippen LogP contribution in [-0.4, -0.2) is 9.97 Å². The lowest BCUT2D eigenvalue weighted by molar-refractivity contribution is 0.590. The lowest BCUT2D eigenvalue weighted by atomic mass is 9.82. The molecule has 11 aromatic rings. The molecule has 0 saturated carbocycles. The SMILES string of the molecule is CC(C)(C)c1ccc2c(N(c3ccccc3)c3cccc4c3oc3ncccc34)c3cc(C(C)(C)C)ccc3c(N(c3ccccc3)c3cccc4c3oc3ncccc34)c2c1. The summed E-state index contributed by atoms with van der Waals surface area (Å²) in [6, 6.07) is 56.5. The van der Waals surface area contributed by atoms with Gasteiger partial charge in [0.05, 0.1) is 22.7 Å². The van der Waals surface area contributed by atoms with E-state index in [4.69, 9.17) is 8.83 Å². The van der Waals surface area contributed by atoms with Crippen molar-refractivity contribution in [1.29, 1.82) is 0 Å². The fourth-order valence-electron chi connectivity index (χ4n) is 9.12. The molecule has 0 unspecified atom stereocenters. The third-order valence-corrected chi connectivity index (χ3v) is 12.3. The lowest BCUT2D eigenvalue weighted by Gasteiger charge is -2.34. The molecule has 6 nitrogen and oxygen atoms in total. The average molecular weight is 807 g/mol. The minimum Gasteiger partial charge on any atom is -0.435 e. The van der Waals surface area contributed by atoms with E-state index in [2.05, 4.69) is 207 Å². The van der Waals surface area contributed by atoms with Crippen LogP contribution in [0.1, 0.15) is 52.7 Å². The number of para-hydroxylation sites is 4. The Morgan fingerprint density at radius 3 is 1.18 bits per heavy atom. The second kappa shape index (κ2) is 14.1. The van der Waals surface area contributed by atoms with Gasteiger partial charge in [-0.25, -0.2) is 9.97 Å². The van der Waals surface area contributed by atoms with Crippen LogP contribution < -0.4 is 9.80 Å². The maximum atomic E-state index is 6.74. The summed E-state index contributed by atoms with van der Waals surface area (Å²) in [6.07, 6.45) is 3.58. The maximum absolute atomic E-state index is 6.74. The third kappa shape index (κ3) is 6.00. The van der Waals surface area contributed by atoms with Crippen LogP contribution in [0.15, 0.2) is 179 Å². The predicted octanol–water partition coefficient (Wildman–Crippen LogP) is 16.1. The van der Waals surface area contributed by atoms with Gasteiger partial charge in [-0.1, -0.05) is 126 Å². The molecule has 0 fully saturated rings. The Bertz CT molecular complexity index is 3270. The van der Waals surface area contributed by atoms with Crippen molar-refractivity contribution in [3.05, 3.63) is 181 Å². The lowest BCUT2D eigenvalue weighted by Crippen LogP contribution is -2.17. The van der Waals surface area contributed by atoms with Crippen LogP contribution in [-0.2, 0) is 10.8 Å². The van der Waals surface area contributed by atoms with E-state index in [0.29, 0.717) is 11.4 Å². The molecule has 0 aliphatic heterocycles. The van der Waals surface area contributed by atoms with E-state index in [1.54, 1.807) is 12.4 Å². The molecule has 0 aliphatic rings. The molecule has 4 aromatic heterocycles. The molecule has 0 spiro atoms. The maximum Gasteiger partial charge on any atom is 0.227 e. The predicted molar refractivity (Wildman–Crippen MR) is 258 cm³/mol. The van der Waals surface area contributed by atoms with Crippen LogP contribution in [0.2, 0.25) is 0 Å². The fraction of sp³-hybridized carbons (Fsp3) is 0.143. The normalized spacial score (nSPS) is 12.4. The highest BCUT2D eigenvalue weighted by Gasteiger charge is 2.30. The Kier molecular flexibility index (Phi) is 8.52. The Hall–Kier alpha value is -7.44. The van der Waals surface area contributed by atoms with Gasteiger partial charge in [0.15, 0.2) is 11.2 Å². The van der Waals surface area contributed by atoms with E-state index in [0.717, 1.165) is 88.4 Å². The number of furan rings is 2. The monoisotopic (exact) mass is 806 g/mol. The van der Waals surface area contributed by atoms with E-state index in [9.17, 15) is 0 Å². The Labute approximate surface area is 360 Å². The zero-order chi connectivity index (χ0) is 42.3. The highest BCUT2D eigenvalue weighted by Crippen LogP contribution is 2.54. The summed E-state index contributed by atoms with van der Waals surface area (Å²) >= 11 is 0.